The average molecular weight is 315 g/mol. The van der Waals surface area contributed by atoms with Gasteiger partial charge in [-0.05, 0) is 17.7 Å². The number of halogens is 1. The Kier molecular flexibility index (Phi) is 6.76. The first-order chi connectivity index (χ1) is 11.2. The number of benzene rings is 2. The molecule has 4 heteroatoms. The summed E-state index contributed by atoms with van der Waals surface area (Å²) in [7, 11) is 0. The summed E-state index contributed by atoms with van der Waals surface area (Å²) in [6.45, 7) is 3.37. The SMILES string of the molecule is CCN(Cc1ccccc1)CC(F)C(=O)OCc1ccccc1. The molecule has 0 aliphatic rings. The second kappa shape index (κ2) is 9.06. The third-order valence-corrected chi connectivity index (χ3v) is 3.59. The molecule has 1 unspecified atom stereocenters. The van der Waals surface area contributed by atoms with E-state index in [1.54, 1.807) is 0 Å². The van der Waals surface area contributed by atoms with Crippen LogP contribution in [0.15, 0.2) is 60.7 Å². The molecule has 0 heterocycles. The number of hydrogen-bond donors (Lipinski definition) is 0. The predicted molar refractivity (Wildman–Crippen MR) is 88.5 cm³/mol. The zero-order valence-electron chi connectivity index (χ0n) is 13.3. The summed E-state index contributed by atoms with van der Waals surface area (Å²) in [6.07, 6.45) is -1.64. The molecule has 0 aromatic heterocycles. The Morgan fingerprint density at radius 3 is 2.17 bits per heavy atom. The molecule has 0 fully saturated rings. The summed E-state index contributed by atoms with van der Waals surface area (Å²) in [5.41, 5.74) is 1.95. The van der Waals surface area contributed by atoms with Crippen LogP contribution in [0, 0.1) is 0 Å². The van der Waals surface area contributed by atoms with E-state index in [0.717, 1.165) is 11.1 Å². The highest BCUT2D eigenvalue weighted by atomic mass is 19.1. The molecule has 1 atom stereocenters. The fourth-order valence-corrected chi connectivity index (χ4v) is 2.27. The zero-order valence-corrected chi connectivity index (χ0v) is 13.3. The van der Waals surface area contributed by atoms with Gasteiger partial charge in [0.2, 0.25) is 6.17 Å². The minimum atomic E-state index is -1.64. The van der Waals surface area contributed by atoms with Gasteiger partial charge in [-0.1, -0.05) is 67.6 Å². The van der Waals surface area contributed by atoms with Gasteiger partial charge in [-0.15, -0.1) is 0 Å². The van der Waals surface area contributed by atoms with E-state index >= 15 is 0 Å². The van der Waals surface area contributed by atoms with Crippen LogP contribution in [0.3, 0.4) is 0 Å². The molecule has 0 bridgehead atoms. The number of alkyl halides is 1. The molecule has 2 aromatic carbocycles. The lowest BCUT2D eigenvalue weighted by molar-refractivity contribution is -0.151. The van der Waals surface area contributed by atoms with Gasteiger partial charge < -0.3 is 4.74 Å². The number of rotatable bonds is 8. The Bertz CT molecular complexity index is 589. The van der Waals surface area contributed by atoms with Crippen molar-refractivity contribution >= 4 is 5.97 Å². The van der Waals surface area contributed by atoms with E-state index in [9.17, 15) is 9.18 Å². The van der Waals surface area contributed by atoms with Gasteiger partial charge in [-0.2, -0.15) is 0 Å². The molecule has 0 N–H and O–H groups in total. The van der Waals surface area contributed by atoms with Gasteiger partial charge in [0.05, 0.1) is 0 Å². The molecule has 0 amide bonds. The molecule has 2 aromatic rings. The first kappa shape index (κ1) is 17.2. The van der Waals surface area contributed by atoms with Crippen LogP contribution in [-0.4, -0.2) is 30.1 Å². The van der Waals surface area contributed by atoms with Crippen molar-refractivity contribution in [2.24, 2.45) is 0 Å². The Hall–Kier alpha value is -2.20. The van der Waals surface area contributed by atoms with Gasteiger partial charge in [0.15, 0.2) is 0 Å². The van der Waals surface area contributed by atoms with Crippen molar-refractivity contribution in [3.63, 3.8) is 0 Å². The van der Waals surface area contributed by atoms with Gasteiger partial charge in [0.1, 0.15) is 6.61 Å². The smallest absolute Gasteiger partial charge is 0.342 e. The number of carbonyl (C=O) groups is 1. The Balaban J connectivity index is 1.81. The van der Waals surface area contributed by atoms with Gasteiger partial charge in [-0.3, -0.25) is 4.90 Å². The summed E-state index contributed by atoms with van der Waals surface area (Å²) in [4.78, 5) is 13.7. The predicted octanol–water partition coefficient (Wildman–Crippen LogP) is 3.59. The van der Waals surface area contributed by atoms with Crippen molar-refractivity contribution < 1.29 is 13.9 Å². The highest BCUT2D eigenvalue weighted by molar-refractivity contribution is 5.74. The van der Waals surface area contributed by atoms with E-state index < -0.39 is 12.1 Å². The van der Waals surface area contributed by atoms with Crippen molar-refractivity contribution in [3.8, 4) is 0 Å². The van der Waals surface area contributed by atoms with Crippen LogP contribution in [0.5, 0.6) is 0 Å². The summed E-state index contributed by atoms with van der Waals surface area (Å²) in [5.74, 6) is -0.805. The zero-order chi connectivity index (χ0) is 16.5. The summed E-state index contributed by atoms with van der Waals surface area (Å²) >= 11 is 0. The molecule has 0 radical (unpaired) electrons. The van der Waals surface area contributed by atoms with E-state index in [2.05, 4.69) is 0 Å². The number of carbonyl (C=O) groups excluding carboxylic acids is 1. The van der Waals surface area contributed by atoms with E-state index in [0.29, 0.717) is 13.1 Å². The van der Waals surface area contributed by atoms with Crippen molar-refractivity contribution in [3.05, 3.63) is 71.8 Å². The Morgan fingerprint density at radius 1 is 1.04 bits per heavy atom. The fourth-order valence-electron chi connectivity index (χ4n) is 2.27. The molecule has 0 aliphatic carbocycles. The van der Waals surface area contributed by atoms with E-state index in [4.69, 9.17) is 4.74 Å². The Labute approximate surface area is 136 Å². The normalized spacial score (nSPS) is 12.1. The largest absolute Gasteiger partial charge is 0.459 e. The molecule has 0 aliphatic heterocycles. The first-order valence-corrected chi connectivity index (χ1v) is 7.80. The molecule has 23 heavy (non-hydrogen) atoms. The highest BCUT2D eigenvalue weighted by Crippen LogP contribution is 2.08. The number of hydrogen-bond acceptors (Lipinski definition) is 3. The molecule has 3 nitrogen and oxygen atoms in total. The second-order valence-corrected chi connectivity index (χ2v) is 5.37. The third kappa shape index (κ3) is 5.83. The number of esters is 1. The molecule has 0 saturated carbocycles. The highest BCUT2D eigenvalue weighted by Gasteiger charge is 2.22. The number of nitrogens with zero attached hydrogens (tertiary/aromatic N) is 1. The maximum Gasteiger partial charge on any atom is 0.342 e. The lowest BCUT2D eigenvalue weighted by Crippen LogP contribution is -2.35. The molecule has 2 rings (SSSR count). The van der Waals surface area contributed by atoms with E-state index in [1.165, 1.54) is 0 Å². The summed E-state index contributed by atoms with van der Waals surface area (Å²) < 4.78 is 19.2. The van der Waals surface area contributed by atoms with Gasteiger partial charge in [-0.25, -0.2) is 9.18 Å². The Morgan fingerprint density at radius 2 is 1.61 bits per heavy atom. The maximum absolute atomic E-state index is 14.1. The molecule has 0 spiro atoms. The number of ether oxygens (including phenoxy) is 1. The lowest BCUT2D eigenvalue weighted by atomic mass is 10.2. The summed E-state index contributed by atoms with van der Waals surface area (Å²) in [5, 5.41) is 0. The lowest BCUT2D eigenvalue weighted by Gasteiger charge is -2.21. The van der Waals surface area contributed by atoms with E-state index in [-0.39, 0.29) is 13.2 Å². The topological polar surface area (TPSA) is 29.5 Å². The van der Waals surface area contributed by atoms with Crippen molar-refractivity contribution in [1.82, 2.24) is 4.90 Å². The minimum Gasteiger partial charge on any atom is -0.459 e. The quantitative estimate of drug-likeness (QED) is 0.697. The van der Waals surface area contributed by atoms with Crippen LogP contribution in [0.2, 0.25) is 0 Å². The monoisotopic (exact) mass is 315 g/mol. The standard InChI is InChI=1S/C19H22FNO2/c1-2-21(13-16-9-5-3-6-10-16)14-18(20)19(22)23-15-17-11-7-4-8-12-17/h3-12,18H,2,13-15H2,1H3. The average Bonchev–Trinajstić information content (AvgIpc) is 2.60. The second-order valence-electron chi connectivity index (χ2n) is 5.37. The van der Waals surface area contributed by atoms with Crippen molar-refractivity contribution in [1.29, 1.82) is 0 Å². The van der Waals surface area contributed by atoms with Crippen molar-refractivity contribution in [2.75, 3.05) is 13.1 Å². The maximum atomic E-state index is 14.1. The summed E-state index contributed by atoms with van der Waals surface area (Å²) in [6, 6.07) is 19.1. The minimum absolute atomic E-state index is 0.0407. The van der Waals surface area contributed by atoms with Gasteiger partial charge in [0, 0.05) is 13.1 Å². The van der Waals surface area contributed by atoms with Crippen molar-refractivity contribution in [2.45, 2.75) is 26.2 Å². The van der Waals surface area contributed by atoms with Crippen LogP contribution in [0.1, 0.15) is 18.1 Å². The molecular weight excluding hydrogens is 293 g/mol. The fraction of sp³-hybridized carbons (Fsp3) is 0.316. The molecule has 122 valence electrons. The van der Waals surface area contributed by atoms with Crippen LogP contribution in [0.4, 0.5) is 4.39 Å². The first-order valence-electron chi connectivity index (χ1n) is 7.80. The van der Waals surface area contributed by atoms with Crippen LogP contribution < -0.4 is 0 Å². The van der Waals surface area contributed by atoms with Crippen LogP contribution in [0.25, 0.3) is 0 Å². The molecular formula is C19H22FNO2. The van der Waals surface area contributed by atoms with Crippen LogP contribution >= 0.6 is 0 Å². The molecule has 0 saturated heterocycles. The third-order valence-electron chi connectivity index (χ3n) is 3.59. The van der Waals surface area contributed by atoms with Gasteiger partial charge in [0.25, 0.3) is 0 Å². The van der Waals surface area contributed by atoms with Gasteiger partial charge >= 0.3 is 5.97 Å². The van der Waals surface area contributed by atoms with E-state index in [1.807, 2.05) is 72.5 Å². The van der Waals surface area contributed by atoms with Crippen LogP contribution in [-0.2, 0) is 22.7 Å².